The molecule has 0 fully saturated rings. The maximum absolute atomic E-state index is 11.9. The van der Waals surface area contributed by atoms with Crippen LogP contribution >= 0.6 is 0 Å². The topological polar surface area (TPSA) is 29.1 Å². The van der Waals surface area contributed by atoms with Gasteiger partial charge in [-0.25, -0.2) is 0 Å². The average molecular weight is 287 g/mol. The first-order valence-corrected chi connectivity index (χ1v) is 7.65. The SMILES string of the molecule is CC(CC(C)(C)c1ccccc1)NC(=O)C=CC(C)(C)C. The molecule has 0 saturated carbocycles. The summed E-state index contributed by atoms with van der Waals surface area (Å²) < 4.78 is 0. The Kier molecular flexibility index (Phi) is 5.77. The predicted octanol–water partition coefficient (Wildman–Crippen LogP) is 4.46. The second kappa shape index (κ2) is 6.93. The molecule has 1 atom stereocenters. The fourth-order valence-electron chi connectivity index (χ4n) is 2.44. The molecule has 0 spiro atoms. The molecule has 1 unspecified atom stereocenters. The summed E-state index contributed by atoms with van der Waals surface area (Å²) in [4.78, 5) is 11.9. The van der Waals surface area contributed by atoms with Crippen LogP contribution in [0.2, 0.25) is 0 Å². The third-order valence-corrected chi connectivity index (χ3v) is 3.50. The molecular formula is C19H29NO. The van der Waals surface area contributed by atoms with E-state index >= 15 is 0 Å². The zero-order valence-electron chi connectivity index (χ0n) is 14.2. The van der Waals surface area contributed by atoms with Crippen molar-refractivity contribution in [2.45, 2.75) is 59.4 Å². The van der Waals surface area contributed by atoms with Crippen LogP contribution in [0.4, 0.5) is 0 Å². The van der Waals surface area contributed by atoms with E-state index in [9.17, 15) is 4.79 Å². The molecule has 1 aromatic rings. The van der Waals surface area contributed by atoms with Gasteiger partial charge in [-0.05, 0) is 35.8 Å². The summed E-state index contributed by atoms with van der Waals surface area (Å²) in [6.45, 7) is 12.7. The third-order valence-electron chi connectivity index (χ3n) is 3.50. The van der Waals surface area contributed by atoms with Crippen molar-refractivity contribution in [1.82, 2.24) is 5.32 Å². The lowest BCUT2D eigenvalue weighted by atomic mass is 9.79. The number of hydrogen-bond donors (Lipinski definition) is 1. The van der Waals surface area contributed by atoms with Crippen molar-refractivity contribution >= 4 is 5.91 Å². The van der Waals surface area contributed by atoms with Gasteiger partial charge in [0.1, 0.15) is 0 Å². The summed E-state index contributed by atoms with van der Waals surface area (Å²) >= 11 is 0. The second-order valence-corrected chi connectivity index (χ2v) is 7.56. The van der Waals surface area contributed by atoms with Crippen LogP contribution in [-0.4, -0.2) is 11.9 Å². The first kappa shape index (κ1) is 17.5. The Balaban J connectivity index is 2.59. The van der Waals surface area contributed by atoms with Crippen molar-refractivity contribution in [2.75, 3.05) is 0 Å². The van der Waals surface area contributed by atoms with Crippen molar-refractivity contribution in [2.24, 2.45) is 5.41 Å². The number of benzene rings is 1. The molecule has 1 aromatic carbocycles. The monoisotopic (exact) mass is 287 g/mol. The summed E-state index contributed by atoms with van der Waals surface area (Å²) in [5, 5.41) is 3.05. The molecule has 1 rings (SSSR count). The summed E-state index contributed by atoms with van der Waals surface area (Å²) in [5.74, 6) is -0.0127. The van der Waals surface area contributed by atoms with E-state index in [1.165, 1.54) is 5.56 Å². The Morgan fingerprint density at radius 3 is 2.24 bits per heavy atom. The molecule has 0 aliphatic carbocycles. The van der Waals surface area contributed by atoms with E-state index in [1.54, 1.807) is 6.08 Å². The number of nitrogens with one attached hydrogen (secondary N) is 1. The predicted molar refractivity (Wildman–Crippen MR) is 90.3 cm³/mol. The van der Waals surface area contributed by atoms with Crippen LogP contribution < -0.4 is 5.32 Å². The number of rotatable bonds is 5. The Morgan fingerprint density at radius 2 is 1.71 bits per heavy atom. The summed E-state index contributed by atoms with van der Waals surface area (Å²) in [5.41, 5.74) is 1.38. The molecule has 2 nitrogen and oxygen atoms in total. The molecule has 0 aliphatic heterocycles. The first-order chi connectivity index (χ1) is 9.60. The minimum absolute atomic E-state index is 0.0127. The molecule has 1 amide bonds. The van der Waals surface area contributed by atoms with E-state index in [-0.39, 0.29) is 22.8 Å². The van der Waals surface area contributed by atoms with Crippen molar-refractivity contribution in [3.63, 3.8) is 0 Å². The molecule has 21 heavy (non-hydrogen) atoms. The van der Waals surface area contributed by atoms with Gasteiger partial charge in [0.25, 0.3) is 0 Å². The molecule has 0 bridgehead atoms. The number of allylic oxidation sites excluding steroid dienone is 1. The highest BCUT2D eigenvalue weighted by molar-refractivity contribution is 5.87. The highest BCUT2D eigenvalue weighted by Gasteiger charge is 2.23. The zero-order chi connectivity index (χ0) is 16.1. The summed E-state index contributed by atoms with van der Waals surface area (Å²) in [7, 11) is 0. The van der Waals surface area contributed by atoms with Gasteiger partial charge in [-0.3, -0.25) is 4.79 Å². The lowest BCUT2D eigenvalue weighted by Gasteiger charge is -2.29. The highest BCUT2D eigenvalue weighted by atomic mass is 16.1. The quantitative estimate of drug-likeness (QED) is 0.796. The van der Waals surface area contributed by atoms with Gasteiger partial charge >= 0.3 is 0 Å². The molecule has 0 aliphatic rings. The van der Waals surface area contributed by atoms with E-state index in [0.29, 0.717) is 0 Å². The molecule has 0 saturated heterocycles. The van der Waals surface area contributed by atoms with E-state index in [0.717, 1.165) is 6.42 Å². The molecule has 1 N–H and O–H groups in total. The van der Waals surface area contributed by atoms with Crippen molar-refractivity contribution in [3.05, 3.63) is 48.0 Å². The van der Waals surface area contributed by atoms with Crippen molar-refractivity contribution in [1.29, 1.82) is 0 Å². The van der Waals surface area contributed by atoms with Gasteiger partial charge in [0, 0.05) is 6.04 Å². The van der Waals surface area contributed by atoms with Crippen molar-refractivity contribution < 1.29 is 4.79 Å². The van der Waals surface area contributed by atoms with E-state index in [2.05, 4.69) is 71.1 Å². The largest absolute Gasteiger partial charge is 0.350 e. The van der Waals surface area contributed by atoms with Crippen LogP contribution in [0.3, 0.4) is 0 Å². The van der Waals surface area contributed by atoms with Crippen LogP contribution in [0, 0.1) is 5.41 Å². The minimum atomic E-state index is -0.0127. The Hall–Kier alpha value is -1.57. The average Bonchev–Trinajstić information content (AvgIpc) is 2.36. The zero-order valence-corrected chi connectivity index (χ0v) is 14.2. The molecule has 0 heterocycles. The maximum atomic E-state index is 11.9. The lowest BCUT2D eigenvalue weighted by molar-refractivity contribution is -0.117. The molecule has 116 valence electrons. The third kappa shape index (κ3) is 6.61. The summed E-state index contributed by atoms with van der Waals surface area (Å²) in [6.07, 6.45) is 4.50. The van der Waals surface area contributed by atoms with Crippen LogP contribution in [0.5, 0.6) is 0 Å². The van der Waals surface area contributed by atoms with Gasteiger partial charge in [-0.15, -0.1) is 0 Å². The fourth-order valence-corrected chi connectivity index (χ4v) is 2.44. The first-order valence-electron chi connectivity index (χ1n) is 7.65. The molecule has 2 heteroatoms. The smallest absolute Gasteiger partial charge is 0.243 e. The number of carbonyl (C=O) groups is 1. The van der Waals surface area contributed by atoms with Gasteiger partial charge < -0.3 is 5.32 Å². The number of carbonyl (C=O) groups excluding carboxylic acids is 1. The normalized spacial score (nSPS) is 14.2. The number of hydrogen-bond acceptors (Lipinski definition) is 1. The van der Waals surface area contributed by atoms with Gasteiger partial charge in [-0.2, -0.15) is 0 Å². The Labute approximate surface area is 129 Å². The highest BCUT2D eigenvalue weighted by Crippen LogP contribution is 2.28. The fraction of sp³-hybridized carbons (Fsp3) is 0.526. The van der Waals surface area contributed by atoms with Crippen LogP contribution in [0.1, 0.15) is 53.5 Å². The summed E-state index contributed by atoms with van der Waals surface area (Å²) in [6, 6.07) is 10.6. The van der Waals surface area contributed by atoms with Gasteiger partial charge in [-0.1, -0.05) is 71.0 Å². The van der Waals surface area contributed by atoms with Gasteiger partial charge in [0.2, 0.25) is 5.91 Å². The molecule has 0 radical (unpaired) electrons. The minimum Gasteiger partial charge on any atom is -0.350 e. The van der Waals surface area contributed by atoms with E-state index in [4.69, 9.17) is 0 Å². The second-order valence-electron chi connectivity index (χ2n) is 7.56. The van der Waals surface area contributed by atoms with Crippen molar-refractivity contribution in [3.8, 4) is 0 Å². The standard InChI is InChI=1S/C19H29NO/c1-15(20-17(21)12-13-18(2,3)4)14-19(5,6)16-10-8-7-9-11-16/h7-13,15H,14H2,1-6H3,(H,20,21). The van der Waals surface area contributed by atoms with Crippen LogP contribution in [0.15, 0.2) is 42.5 Å². The van der Waals surface area contributed by atoms with Gasteiger partial charge in [0.05, 0.1) is 0 Å². The maximum Gasteiger partial charge on any atom is 0.243 e. The van der Waals surface area contributed by atoms with E-state index < -0.39 is 0 Å². The van der Waals surface area contributed by atoms with E-state index in [1.807, 2.05) is 12.1 Å². The van der Waals surface area contributed by atoms with Crippen LogP contribution in [0.25, 0.3) is 0 Å². The Bertz CT molecular complexity index is 480. The lowest BCUT2D eigenvalue weighted by Crippen LogP contribution is -2.36. The molecule has 0 aromatic heterocycles. The molecular weight excluding hydrogens is 258 g/mol. The van der Waals surface area contributed by atoms with Crippen LogP contribution in [-0.2, 0) is 10.2 Å². The number of amides is 1. The Morgan fingerprint density at radius 1 is 1.14 bits per heavy atom. The van der Waals surface area contributed by atoms with Gasteiger partial charge in [0.15, 0.2) is 0 Å².